The molecule has 0 unspecified atom stereocenters. The van der Waals surface area contributed by atoms with E-state index >= 15 is 0 Å². The molecule has 0 radical (unpaired) electrons. The number of rotatable bonds is 5. The second-order valence-electron chi connectivity index (χ2n) is 6.33. The second kappa shape index (κ2) is 7.43. The SMILES string of the molecule is CC(=Cc1ccccc1)C(=O)NCc1nnc2cc(-c3nc(C)no3)ccn12. The largest absolute Gasteiger partial charge is 0.345 e. The van der Waals surface area contributed by atoms with E-state index in [-0.39, 0.29) is 12.5 Å². The van der Waals surface area contributed by atoms with E-state index in [1.165, 1.54) is 0 Å². The Bertz CT molecular complexity index is 1160. The highest BCUT2D eigenvalue weighted by atomic mass is 16.5. The van der Waals surface area contributed by atoms with Crippen LogP contribution in [0.3, 0.4) is 0 Å². The van der Waals surface area contributed by atoms with E-state index in [9.17, 15) is 4.79 Å². The molecule has 0 fully saturated rings. The van der Waals surface area contributed by atoms with E-state index in [0.717, 1.165) is 11.1 Å². The summed E-state index contributed by atoms with van der Waals surface area (Å²) in [5, 5.41) is 15.0. The molecule has 0 spiro atoms. The topological polar surface area (TPSA) is 98.2 Å². The molecule has 1 N–H and O–H groups in total. The van der Waals surface area contributed by atoms with E-state index < -0.39 is 0 Å². The maximum atomic E-state index is 12.4. The van der Waals surface area contributed by atoms with Gasteiger partial charge in [0.1, 0.15) is 0 Å². The smallest absolute Gasteiger partial charge is 0.258 e. The summed E-state index contributed by atoms with van der Waals surface area (Å²) in [5.41, 5.74) is 2.99. The number of fused-ring (bicyclic) bond motifs is 1. The lowest BCUT2D eigenvalue weighted by Gasteiger charge is -2.05. The Morgan fingerprint density at radius 1 is 1.21 bits per heavy atom. The first kappa shape index (κ1) is 17.6. The Morgan fingerprint density at radius 3 is 2.79 bits per heavy atom. The number of hydrogen-bond acceptors (Lipinski definition) is 6. The molecular formula is C20H18N6O2. The van der Waals surface area contributed by atoms with Gasteiger partial charge in [0.25, 0.3) is 5.89 Å². The number of carbonyl (C=O) groups is 1. The standard InChI is InChI=1S/C20H18N6O2/c1-13(10-15-6-4-3-5-7-15)19(27)21-12-18-24-23-17-11-16(8-9-26(17)18)20-22-14(2)25-28-20/h3-11H,12H2,1-2H3,(H,21,27). The summed E-state index contributed by atoms with van der Waals surface area (Å²) in [7, 11) is 0. The van der Waals surface area contributed by atoms with Crippen LogP contribution >= 0.6 is 0 Å². The molecule has 0 aliphatic rings. The first-order valence-electron chi connectivity index (χ1n) is 8.76. The number of nitrogens with zero attached hydrogens (tertiary/aromatic N) is 5. The van der Waals surface area contributed by atoms with Crippen molar-refractivity contribution in [2.75, 3.05) is 0 Å². The molecule has 8 heteroatoms. The number of nitrogens with one attached hydrogen (secondary N) is 1. The van der Waals surface area contributed by atoms with Crippen molar-refractivity contribution in [1.82, 2.24) is 30.1 Å². The van der Waals surface area contributed by atoms with Crippen molar-refractivity contribution in [2.45, 2.75) is 20.4 Å². The quantitative estimate of drug-likeness (QED) is 0.540. The first-order chi connectivity index (χ1) is 13.6. The summed E-state index contributed by atoms with van der Waals surface area (Å²) >= 11 is 0. The van der Waals surface area contributed by atoms with Crippen molar-refractivity contribution in [3.63, 3.8) is 0 Å². The van der Waals surface area contributed by atoms with Gasteiger partial charge in [0.15, 0.2) is 17.3 Å². The molecule has 3 heterocycles. The number of aromatic nitrogens is 5. The number of carbonyl (C=O) groups excluding carboxylic acids is 1. The predicted octanol–water partition coefficient (Wildman–Crippen LogP) is 2.81. The number of aryl methyl sites for hydroxylation is 1. The molecular weight excluding hydrogens is 356 g/mol. The highest BCUT2D eigenvalue weighted by Gasteiger charge is 2.12. The van der Waals surface area contributed by atoms with Crippen LogP contribution in [-0.2, 0) is 11.3 Å². The van der Waals surface area contributed by atoms with Crippen LogP contribution in [0.5, 0.6) is 0 Å². The first-order valence-corrected chi connectivity index (χ1v) is 8.76. The highest BCUT2D eigenvalue weighted by molar-refractivity contribution is 5.97. The zero-order chi connectivity index (χ0) is 19.5. The lowest BCUT2D eigenvalue weighted by molar-refractivity contribution is -0.117. The molecule has 0 saturated carbocycles. The van der Waals surface area contributed by atoms with Crippen LogP contribution in [0.25, 0.3) is 23.2 Å². The van der Waals surface area contributed by atoms with Crippen molar-refractivity contribution in [3.8, 4) is 11.5 Å². The third kappa shape index (κ3) is 3.66. The van der Waals surface area contributed by atoms with E-state index in [2.05, 4.69) is 25.7 Å². The molecule has 1 aromatic carbocycles. The van der Waals surface area contributed by atoms with Crippen LogP contribution in [0.4, 0.5) is 0 Å². The minimum absolute atomic E-state index is 0.154. The predicted molar refractivity (Wildman–Crippen MR) is 103 cm³/mol. The van der Waals surface area contributed by atoms with Gasteiger partial charge in [-0.25, -0.2) is 0 Å². The second-order valence-corrected chi connectivity index (χ2v) is 6.33. The van der Waals surface area contributed by atoms with E-state index in [0.29, 0.717) is 28.8 Å². The summed E-state index contributed by atoms with van der Waals surface area (Å²) < 4.78 is 6.99. The van der Waals surface area contributed by atoms with Gasteiger partial charge < -0.3 is 9.84 Å². The number of amides is 1. The summed E-state index contributed by atoms with van der Waals surface area (Å²) in [6, 6.07) is 13.4. The zero-order valence-corrected chi connectivity index (χ0v) is 15.5. The summed E-state index contributed by atoms with van der Waals surface area (Å²) in [6.45, 7) is 3.81. The third-order valence-corrected chi connectivity index (χ3v) is 4.20. The molecule has 0 bridgehead atoms. The van der Waals surface area contributed by atoms with Crippen molar-refractivity contribution >= 4 is 17.6 Å². The van der Waals surface area contributed by atoms with Gasteiger partial charge in [-0.3, -0.25) is 9.20 Å². The van der Waals surface area contributed by atoms with E-state index in [1.807, 2.05) is 59.1 Å². The zero-order valence-electron chi connectivity index (χ0n) is 15.5. The minimum Gasteiger partial charge on any atom is -0.345 e. The molecule has 4 rings (SSSR count). The summed E-state index contributed by atoms with van der Waals surface area (Å²) in [4.78, 5) is 16.6. The van der Waals surface area contributed by atoms with Crippen molar-refractivity contribution in [3.05, 3.63) is 71.4 Å². The lowest BCUT2D eigenvalue weighted by atomic mass is 10.1. The van der Waals surface area contributed by atoms with Gasteiger partial charge in [-0.1, -0.05) is 35.5 Å². The normalized spacial score (nSPS) is 11.7. The lowest BCUT2D eigenvalue weighted by Crippen LogP contribution is -2.24. The molecule has 140 valence electrons. The molecule has 0 aliphatic heterocycles. The van der Waals surface area contributed by atoms with Gasteiger partial charge >= 0.3 is 0 Å². The number of hydrogen-bond donors (Lipinski definition) is 1. The molecule has 8 nitrogen and oxygen atoms in total. The van der Waals surface area contributed by atoms with Gasteiger partial charge in [-0.2, -0.15) is 4.98 Å². The van der Waals surface area contributed by atoms with Crippen LogP contribution in [-0.4, -0.2) is 30.6 Å². The molecule has 0 atom stereocenters. The van der Waals surface area contributed by atoms with Gasteiger partial charge in [0.05, 0.1) is 6.54 Å². The Kier molecular flexibility index (Phi) is 4.67. The van der Waals surface area contributed by atoms with Crippen LogP contribution in [0.1, 0.15) is 24.1 Å². The fraction of sp³-hybridized carbons (Fsp3) is 0.150. The molecule has 3 aromatic heterocycles. The molecule has 4 aromatic rings. The Balaban J connectivity index is 1.48. The van der Waals surface area contributed by atoms with Gasteiger partial charge in [-0.15, -0.1) is 10.2 Å². The maximum Gasteiger partial charge on any atom is 0.258 e. The Morgan fingerprint density at radius 2 is 2.04 bits per heavy atom. The molecule has 28 heavy (non-hydrogen) atoms. The number of benzene rings is 1. The average molecular weight is 374 g/mol. The van der Waals surface area contributed by atoms with Crippen LogP contribution in [0.2, 0.25) is 0 Å². The molecule has 0 saturated heterocycles. The third-order valence-electron chi connectivity index (χ3n) is 4.20. The van der Waals surface area contributed by atoms with E-state index in [1.54, 1.807) is 13.8 Å². The monoisotopic (exact) mass is 374 g/mol. The fourth-order valence-corrected chi connectivity index (χ4v) is 2.77. The van der Waals surface area contributed by atoms with Crippen molar-refractivity contribution in [1.29, 1.82) is 0 Å². The van der Waals surface area contributed by atoms with Crippen LogP contribution in [0.15, 0.2) is 58.8 Å². The summed E-state index contributed by atoms with van der Waals surface area (Å²) in [6.07, 6.45) is 3.66. The Labute approximate surface area is 160 Å². The number of pyridine rings is 1. The Hall–Kier alpha value is -3.81. The maximum absolute atomic E-state index is 12.4. The van der Waals surface area contributed by atoms with Crippen LogP contribution in [0, 0.1) is 6.92 Å². The van der Waals surface area contributed by atoms with E-state index in [4.69, 9.17) is 4.52 Å². The van der Waals surface area contributed by atoms with Crippen molar-refractivity contribution < 1.29 is 9.32 Å². The van der Waals surface area contributed by atoms with Crippen molar-refractivity contribution in [2.24, 2.45) is 0 Å². The highest BCUT2D eigenvalue weighted by Crippen LogP contribution is 2.18. The molecule has 0 aliphatic carbocycles. The van der Waals surface area contributed by atoms with Gasteiger partial charge in [-0.05, 0) is 37.6 Å². The van der Waals surface area contributed by atoms with Gasteiger partial charge in [0, 0.05) is 17.3 Å². The van der Waals surface area contributed by atoms with Crippen LogP contribution < -0.4 is 5.32 Å². The minimum atomic E-state index is -0.154. The molecule has 1 amide bonds. The fourth-order valence-electron chi connectivity index (χ4n) is 2.77. The van der Waals surface area contributed by atoms with Gasteiger partial charge in [0.2, 0.25) is 5.91 Å². The average Bonchev–Trinajstić information content (AvgIpc) is 3.32. The summed E-state index contributed by atoms with van der Waals surface area (Å²) in [5.74, 6) is 1.47.